The molecule has 0 bridgehead atoms. The molecule has 39 heavy (non-hydrogen) atoms. The van der Waals surface area contributed by atoms with Crippen molar-refractivity contribution in [2.24, 2.45) is 5.41 Å². The zero-order chi connectivity index (χ0) is 28.5. The van der Waals surface area contributed by atoms with Crippen molar-refractivity contribution in [1.82, 2.24) is 0 Å². The summed E-state index contributed by atoms with van der Waals surface area (Å²) < 4.78 is 18.3. The molecule has 0 saturated heterocycles. The molecule has 0 rings (SSSR count). The summed E-state index contributed by atoms with van der Waals surface area (Å²) in [7, 11) is 0. The summed E-state index contributed by atoms with van der Waals surface area (Å²) in [6.07, 6.45) is 31.3. The van der Waals surface area contributed by atoms with E-state index in [2.05, 4.69) is 20.8 Å². The van der Waals surface area contributed by atoms with E-state index >= 15 is 0 Å². The molecule has 0 aliphatic heterocycles. The van der Waals surface area contributed by atoms with Crippen LogP contribution in [-0.4, -0.2) is 51.4 Å². The third-order valence-corrected chi connectivity index (χ3v) is 7.99. The lowest BCUT2D eigenvalue weighted by atomic mass is 9.92. The smallest absolute Gasteiger partial charge is 0.0635 e. The number of aliphatic hydroxyl groups is 1. The van der Waals surface area contributed by atoms with Crippen LogP contribution in [0.3, 0.4) is 0 Å². The maximum absolute atomic E-state index is 10.4. The molecule has 0 heterocycles. The van der Waals surface area contributed by atoms with E-state index in [1.165, 1.54) is 135 Å². The van der Waals surface area contributed by atoms with Crippen molar-refractivity contribution in [2.75, 3.05) is 46.2 Å². The van der Waals surface area contributed by atoms with Gasteiger partial charge in [-0.1, -0.05) is 156 Å². The van der Waals surface area contributed by atoms with Gasteiger partial charge in [0.15, 0.2) is 0 Å². The highest BCUT2D eigenvalue weighted by atomic mass is 16.5. The van der Waals surface area contributed by atoms with Crippen molar-refractivity contribution in [2.45, 2.75) is 175 Å². The minimum Gasteiger partial charge on any atom is -0.396 e. The van der Waals surface area contributed by atoms with Crippen LogP contribution in [0.25, 0.3) is 0 Å². The monoisotopic (exact) mass is 557 g/mol. The van der Waals surface area contributed by atoms with E-state index in [0.29, 0.717) is 19.8 Å². The first-order valence-corrected chi connectivity index (χ1v) is 17.6. The van der Waals surface area contributed by atoms with Gasteiger partial charge in [-0.15, -0.1) is 0 Å². The minimum absolute atomic E-state index is 0.0548. The molecule has 0 aliphatic rings. The van der Waals surface area contributed by atoms with Crippen LogP contribution in [0.4, 0.5) is 0 Å². The van der Waals surface area contributed by atoms with Gasteiger partial charge in [0.1, 0.15) is 0 Å². The SMILES string of the molecule is CCCCCCCCCCOCC(CO)(COCCCCCCCCCC)COCCCCCCCCCC. The minimum atomic E-state index is -0.444. The quantitative estimate of drug-likeness (QED) is 0.0801. The second kappa shape index (κ2) is 32.4. The Bertz CT molecular complexity index is 383. The Morgan fingerprint density at radius 2 is 0.590 bits per heavy atom. The average Bonchev–Trinajstić information content (AvgIpc) is 2.95. The Morgan fingerprint density at radius 3 is 0.821 bits per heavy atom. The molecule has 0 amide bonds. The predicted octanol–water partition coefficient (Wildman–Crippen LogP) is 10.4. The first-order valence-electron chi connectivity index (χ1n) is 17.6. The van der Waals surface area contributed by atoms with Gasteiger partial charge < -0.3 is 19.3 Å². The van der Waals surface area contributed by atoms with Crippen LogP contribution in [-0.2, 0) is 14.2 Å². The van der Waals surface area contributed by atoms with Crippen LogP contribution in [0.5, 0.6) is 0 Å². The summed E-state index contributed by atoms with van der Waals surface area (Å²) in [4.78, 5) is 0. The highest BCUT2D eigenvalue weighted by molar-refractivity contribution is 4.78. The Labute approximate surface area is 245 Å². The zero-order valence-electron chi connectivity index (χ0n) is 27.1. The van der Waals surface area contributed by atoms with Crippen molar-refractivity contribution in [3.05, 3.63) is 0 Å². The van der Waals surface area contributed by atoms with Gasteiger partial charge in [-0.25, -0.2) is 0 Å². The third kappa shape index (κ3) is 27.8. The molecule has 4 heteroatoms. The first kappa shape index (κ1) is 38.8. The molecule has 0 saturated carbocycles. The summed E-state index contributed by atoms with van der Waals surface area (Å²) in [5, 5.41) is 10.4. The molecule has 236 valence electrons. The molecule has 0 spiro atoms. The fraction of sp³-hybridized carbons (Fsp3) is 1.00. The van der Waals surface area contributed by atoms with Crippen molar-refractivity contribution in [3.63, 3.8) is 0 Å². The molecular weight excluding hydrogens is 484 g/mol. The van der Waals surface area contributed by atoms with Gasteiger partial charge in [0.25, 0.3) is 0 Å². The molecule has 4 nitrogen and oxygen atoms in total. The number of aliphatic hydroxyl groups excluding tert-OH is 1. The van der Waals surface area contributed by atoms with Crippen molar-refractivity contribution >= 4 is 0 Å². The predicted molar refractivity (Wildman–Crippen MR) is 170 cm³/mol. The van der Waals surface area contributed by atoms with E-state index in [0.717, 1.165) is 39.1 Å². The van der Waals surface area contributed by atoms with E-state index < -0.39 is 5.41 Å². The van der Waals surface area contributed by atoms with Gasteiger partial charge in [0.05, 0.1) is 31.8 Å². The first-order chi connectivity index (χ1) is 19.2. The van der Waals surface area contributed by atoms with Crippen molar-refractivity contribution in [3.8, 4) is 0 Å². The molecule has 0 aromatic carbocycles. The number of rotatable bonds is 34. The fourth-order valence-electron chi connectivity index (χ4n) is 5.14. The van der Waals surface area contributed by atoms with Crippen LogP contribution in [0.15, 0.2) is 0 Å². The van der Waals surface area contributed by atoms with Crippen LogP contribution < -0.4 is 0 Å². The lowest BCUT2D eigenvalue weighted by Gasteiger charge is -2.31. The standard InChI is InChI=1S/C35H72O4/c1-4-7-10-13-16-19-22-25-28-37-32-35(31-36,33-38-29-26-23-20-17-14-11-8-5-2)34-39-30-27-24-21-18-15-12-9-6-3/h36H,4-34H2,1-3H3. The molecule has 0 fully saturated rings. The normalized spacial score (nSPS) is 12.0. The van der Waals surface area contributed by atoms with Gasteiger partial charge in [-0.05, 0) is 19.3 Å². The highest BCUT2D eigenvalue weighted by Crippen LogP contribution is 2.21. The highest BCUT2D eigenvalue weighted by Gasteiger charge is 2.31. The van der Waals surface area contributed by atoms with Gasteiger partial charge >= 0.3 is 0 Å². The van der Waals surface area contributed by atoms with Crippen LogP contribution in [0, 0.1) is 5.41 Å². The number of ether oxygens (including phenoxy) is 3. The second-order valence-corrected chi connectivity index (χ2v) is 12.2. The Balaban J connectivity index is 4.22. The van der Waals surface area contributed by atoms with Crippen LogP contribution >= 0.6 is 0 Å². The average molecular weight is 557 g/mol. The maximum Gasteiger partial charge on any atom is 0.0635 e. The van der Waals surface area contributed by atoms with Gasteiger partial charge in [-0.2, -0.15) is 0 Å². The van der Waals surface area contributed by atoms with Crippen molar-refractivity contribution in [1.29, 1.82) is 0 Å². The summed E-state index contributed by atoms with van der Waals surface area (Å²) in [5.74, 6) is 0. The van der Waals surface area contributed by atoms with E-state index in [1.807, 2.05) is 0 Å². The summed E-state index contributed by atoms with van der Waals surface area (Å²) >= 11 is 0. The zero-order valence-corrected chi connectivity index (χ0v) is 27.1. The van der Waals surface area contributed by atoms with Crippen LogP contribution in [0.2, 0.25) is 0 Å². The molecule has 0 aliphatic carbocycles. The largest absolute Gasteiger partial charge is 0.396 e. The summed E-state index contributed by atoms with van der Waals surface area (Å²) in [6.45, 7) is 10.7. The summed E-state index contributed by atoms with van der Waals surface area (Å²) in [6, 6.07) is 0. The van der Waals surface area contributed by atoms with Crippen molar-refractivity contribution < 1.29 is 19.3 Å². The number of unbranched alkanes of at least 4 members (excludes halogenated alkanes) is 21. The molecule has 1 N–H and O–H groups in total. The lowest BCUT2D eigenvalue weighted by Crippen LogP contribution is -2.41. The topological polar surface area (TPSA) is 47.9 Å². The van der Waals surface area contributed by atoms with Gasteiger partial charge in [-0.3, -0.25) is 0 Å². The number of hydrogen-bond acceptors (Lipinski definition) is 4. The molecule has 0 atom stereocenters. The third-order valence-electron chi connectivity index (χ3n) is 7.99. The van der Waals surface area contributed by atoms with Gasteiger partial charge in [0.2, 0.25) is 0 Å². The Kier molecular flexibility index (Phi) is 32.2. The fourth-order valence-corrected chi connectivity index (χ4v) is 5.14. The Morgan fingerprint density at radius 1 is 0.359 bits per heavy atom. The second-order valence-electron chi connectivity index (χ2n) is 12.2. The molecule has 0 aromatic rings. The van der Waals surface area contributed by atoms with E-state index in [1.54, 1.807) is 0 Å². The lowest BCUT2D eigenvalue weighted by molar-refractivity contribution is -0.0937. The Hall–Kier alpha value is -0.160. The van der Waals surface area contributed by atoms with E-state index in [9.17, 15) is 5.11 Å². The van der Waals surface area contributed by atoms with Crippen LogP contribution in [0.1, 0.15) is 175 Å². The summed E-state index contributed by atoms with van der Waals surface area (Å²) in [5.41, 5.74) is -0.444. The van der Waals surface area contributed by atoms with E-state index in [4.69, 9.17) is 14.2 Å². The van der Waals surface area contributed by atoms with Gasteiger partial charge in [0, 0.05) is 19.8 Å². The molecule has 0 unspecified atom stereocenters. The van der Waals surface area contributed by atoms with E-state index in [-0.39, 0.29) is 6.61 Å². The molecular formula is C35H72O4. The molecule has 0 aromatic heterocycles. The maximum atomic E-state index is 10.4. The number of hydrogen-bond donors (Lipinski definition) is 1. The molecule has 0 radical (unpaired) electrons.